The Balaban J connectivity index is 0.00000320. The number of nitrogens with zero attached hydrogens (tertiary/aromatic N) is 3. The highest BCUT2D eigenvalue weighted by atomic mass is 127. The van der Waals surface area contributed by atoms with Crippen LogP contribution in [0, 0.1) is 5.92 Å². The molecule has 0 spiro atoms. The zero-order chi connectivity index (χ0) is 20.5. The number of aliphatic imine (C=N–C) groups is 1. The maximum Gasteiger partial charge on any atom is 0.191 e. The summed E-state index contributed by atoms with van der Waals surface area (Å²) in [5.41, 5.74) is 0.250. The van der Waals surface area contributed by atoms with Gasteiger partial charge in [0.25, 0.3) is 0 Å². The fraction of sp³-hybridized carbons (Fsp3) is 0.783. The lowest BCUT2D eigenvalue weighted by molar-refractivity contribution is 0.139. The van der Waals surface area contributed by atoms with Crippen molar-refractivity contribution >= 4 is 41.3 Å². The summed E-state index contributed by atoms with van der Waals surface area (Å²) in [5.74, 6) is 1.60. The number of nitrogens with one attached hydrogen (secondary N) is 2. The molecule has 0 amide bonds. The molecule has 1 atom stereocenters. The Hall–Kier alpha value is -0.380. The summed E-state index contributed by atoms with van der Waals surface area (Å²) in [7, 11) is 2.22. The number of piperazine rings is 1. The Morgan fingerprint density at radius 1 is 1.17 bits per heavy atom. The van der Waals surface area contributed by atoms with Gasteiger partial charge < -0.3 is 20.4 Å². The van der Waals surface area contributed by atoms with Crippen molar-refractivity contribution in [1.29, 1.82) is 0 Å². The molecule has 3 rings (SSSR count). The van der Waals surface area contributed by atoms with Crippen LogP contribution in [-0.2, 0) is 5.41 Å². The molecule has 1 aromatic heterocycles. The minimum Gasteiger partial charge on any atom is -0.357 e. The summed E-state index contributed by atoms with van der Waals surface area (Å²) in [5, 5.41) is 9.32. The highest BCUT2D eigenvalue weighted by Gasteiger charge is 2.34. The first-order valence-corrected chi connectivity index (χ1v) is 12.5. The first-order chi connectivity index (χ1) is 14.1. The quantitative estimate of drug-likeness (QED) is 0.293. The SMILES string of the molecule is CCNC(=NCC1(c2cccs2)CCCCC1)NCC(C)CN1CCN(C)CC1.I. The van der Waals surface area contributed by atoms with Gasteiger partial charge in [-0.15, -0.1) is 35.3 Å². The normalized spacial score (nSPS) is 21.6. The van der Waals surface area contributed by atoms with Crippen molar-refractivity contribution in [3.63, 3.8) is 0 Å². The number of guanidine groups is 1. The predicted molar refractivity (Wildman–Crippen MR) is 142 cm³/mol. The van der Waals surface area contributed by atoms with Crippen LogP contribution in [0.2, 0.25) is 0 Å². The van der Waals surface area contributed by atoms with E-state index in [1.165, 1.54) is 69.7 Å². The summed E-state index contributed by atoms with van der Waals surface area (Å²) in [6.07, 6.45) is 6.59. The van der Waals surface area contributed by atoms with Crippen molar-refractivity contribution in [1.82, 2.24) is 20.4 Å². The van der Waals surface area contributed by atoms with Gasteiger partial charge >= 0.3 is 0 Å². The second-order valence-electron chi connectivity index (χ2n) is 9.10. The minimum atomic E-state index is 0. The molecule has 30 heavy (non-hydrogen) atoms. The zero-order valence-electron chi connectivity index (χ0n) is 19.2. The van der Waals surface area contributed by atoms with Gasteiger partial charge in [0.2, 0.25) is 0 Å². The Bertz CT molecular complexity index is 607. The predicted octanol–water partition coefficient (Wildman–Crippen LogP) is 4.01. The van der Waals surface area contributed by atoms with Crippen molar-refractivity contribution < 1.29 is 0 Å². The Morgan fingerprint density at radius 2 is 1.90 bits per heavy atom. The van der Waals surface area contributed by atoms with Gasteiger partial charge in [0, 0.05) is 56.1 Å². The monoisotopic (exact) mass is 547 g/mol. The summed E-state index contributed by atoms with van der Waals surface area (Å²) < 4.78 is 0. The largest absolute Gasteiger partial charge is 0.357 e. The third-order valence-electron chi connectivity index (χ3n) is 6.52. The highest BCUT2D eigenvalue weighted by Crippen LogP contribution is 2.41. The standard InChI is InChI=1S/C23H41N5S.HI/c1-4-24-22(25-17-20(2)18-28-14-12-27(3)13-15-28)26-19-23(10-6-5-7-11-23)21-9-8-16-29-21;/h8-9,16,20H,4-7,10-15,17-19H2,1-3H3,(H2,24,25,26);1H. The van der Waals surface area contributed by atoms with E-state index in [4.69, 9.17) is 4.99 Å². The van der Waals surface area contributed by atoms with Gasteiger partial charge in [-0.3, -0.25) is 4.99 Å². The molecule has 1 unspecified atom stereocenters. The van der Waals surface area contributed by atoms with E-state index >= 15 is 0 Å². The molecular weight excluding hydrogens is 505 g/mol. The van der Waals surface area contributed by atoms with E-state index in [0.29, 0.717) is 5.92 Å². The molecule has 5 nitrogen and oxygen atoms in total. The van der Waals surface area contributed by atoms with Crippen molar-refractivity contribution in [3.05, 3.63) is 22.4 Å². The van der Waals surface area contributed by atoms with Crippen LogP contribution in [0.4, 0.5) is 0 Å². The van der Waals surface area contributed by atoms with Crippen LogP contribution in [0.1, 0.15) is 50.8 Å². The molecule has 1 aliphatic heterocycles. The Labute approximate surface area is 205 Å². The van der Waals surface area contributed by atoms with E-state index in [0.717, 1.165) is 25.6 Å². The second-order valence-corrected chi connectivity index (χ2v) is 10.1. The molecule has 2 fully saturated rings. The van der Waals surface area contributed by atoms with E-state index in [9.17, 15) is 0 Å². The Kier molecular flexibility index (Phi) is 11.4. The van der Waals surface area contributed by atoms with E-state index < -0.39 is 0 Å². The van der Waals surface area contributed by atoms with Crippen molar-refractivity contribution in [2.24, 2.45) is 10.9 Å². The molecular formula is C23H42IN5S. The average molecular weight is 548 g/mol. The lowest BCUT2D eigenvalue weighted by Crippen LogP contribution is -2.47. The van der Waals surface area contributed by atoms with Gasteiger partial charge in [-0.05, 0) is 44.2 Å². The summed E-state index contributed by atoms with van der Waals surface area (Å²) >= 11 is 1.91. The molecule has 0 aromatic carbocycles. The molecule has 7 heteroatoms. The van der Waals surface area contributed by atoms with Gasteiger partial charge in [-0.25, -0.2) is 0 Å². The smallest absolute Gasteiger partial charge is 0.191 e. The number of halogens is 1. The third kappa shape index (κ3) is 7.64. The lowest BCUT2D eigenvalue weighted by Gasteiger charge is -2.35. The van der Waals surface area contributed by atoms with E-state index in [2.05, 4.69) is 58.8 Å². The fourth-order valence-corrected chi connectivity index (χ4v) is 5.65. The topological polar surface area (TPSA) is 42.9 Å². The highest BCUT2D eigenvalue weighted by molar-refractivity contribution is 14.0. The number of likely N-dealkylation sites (N-methyl/N-ethyl adjacent to an activating group) is 1. The zero-order valence-corrected chi connectivity index (χ0v) is 22.3. The van der Waals surface area contributed by atoms with E-state index in [1.807, 2.05) is 11.3 Å². The molecule has 1 aromatic rings. The minimum absolute atomic E-state index is 0. The van der Waals surface area contributed by atoms with Gasteiger partial charge in [0.05, 0.1) is 6.54 Å². The van der Waals surface area contributed by atoms with Crippen LogP contribution < -0.4 is 10.6 Å². The average Bonchev–Trinajstić information content (AvgIpc) is 3.28. The Morgan fingerprint density at radius 3 is 2.53 bits per heavy atom. The van der Waals surface area contributed by atoms with Gasteiger partial charge in [0.1, 0.15) is 0 Å². The molecule has 172 valence electrons. The van der Waals surface area contributed by atoms with Crippen LogP contribution >= 0.6 is 35.3 Å². The van der Waals surface area contributed by atoms with Crippen molar-refractivity contribution in [3.8, 4) is 0 Å². The maximum atomic E-state index is 5.07. The third-order valence-corrected chi connectivity index (χ3v) is 7.64. The van der Waals surface area contributed by atoms with Crippen molar-refractivity contribution in [2.75, 3.05) is 59.4 Å². The van der Waals surface area contributed by atoms with Crippen LogP contribution in [-0.4, -0.2) is 75.2 Å². The molecule has 2 heterocycles. The maximum absolute atomic E-state index is 5.07. The number of hydrogen-bond donors (Lipinski definition) is 2. The van der Waals surface area contributed by atoms with Crippen LogP contribution in [0.15, 0.2) is 22.5 Å². The van der Waals surface area contributed by atoms with Gasteiger partial charge in [-0.1, -0.05) is 32.3 Å². The fourth-order valence-electron chi connectivity index (χ4n) is 4.67. The summed E-state index contributed by atoms with van der Waals surface area (Å²) in [4.78, 5) is 11.6. The number of thiophene rings is 1. The van der Waals surface area contributed by atoms with Gasteiger partial charge in [0.15, 0.2) is 5.96 Å². The lowest BCUT2D eigenvalue weighted by atomic mass is 9.73. The molecule has 0 radical (unpaired) electrons. The van der Waals surface area contributed by atoms with Crippen molar-refractivity contribution in [2.45, 2.75) is 51.4 Å². The molecule has 2 N–H and O–H groups in total. The molecule has 1 saturated heterocycles. The van der Waals surface area contributed by atoms with E-state index in [-0.39, 0.29) is 29.4 Å². The van der Waals surface area contributed by atoms with Crippen LogP contribution in [0.5, 0.6) is 0 Å². The summed E-state index contributed by atoms with van der Waals surface area (Å²) in [6.45, 7) is 13.2. The first-order valence-electron chi connectivity index (χ1n) is 11.6. The molecule has 0 bridgehead atoms. The number of hydrogen-bond acceptors (Lipinski definition) is 4. The second kappa shape index (κ2) is 13.2. The molecule has 2 aliphatic rings. The first kappa shape index (κ1) is 25.9. The molecule has 1 saturated carbocycles. The molecule has 1 aliphatic carbocycles. The van der Waals surface area contributed by atoms with Gasteiger partial charge in [-0.2, -0.15) is 0 Å². The number of rotatable bonds is 8. The summed E-state index contributed by atoms with van der Waals surface area (Å²) in [6, 6.07) is 4.52. The van der Waals surface area contributed by atoms with E-state index in [1.54, 1.807) is 0 Å². The van der Waals surface area contributed by atoms with Crippen LogP contribution in [0.25, 0.3) is 0 Å². The van der Waals surface area contributed by atoms with Crippen LogP contribution in [0.3, 0.4) is 0 Å².